The second kappa shape index (κ2) is 5.82. The van der Waals surface area contributed by atoms with Gasteiger partial charge >= 0.3 is 12.0 Å². The summed E-state index contributed by atoms with van der Waals surface area (Å²) in [6.45, 7) is 2.00. The molecular weight excluding hydrogens is 276 g/mol. The first-order valence-corrected chi connectivity index (χ1v) is 6.55. The molecule has 0 aliphatic carbocycles. The summed E-state index contributed by atoms with van der Waals surface area (Å²) < 4.78 is 0. The molecule has 1 atom stereocenters. The van der Waals surface area contributed by atoms with Gasteiger partial charge in [0, 0.05) is 13.1 Å². The summed E-state index contributed by atoms with van der Waals surface area (Å²) in [5, 5.41) is 18.2. The van der Waals surface area contributed by atoms with Gasteiger partial charge in [-0.2, -0.15) is 0 Å². The maximum absolute atomic E-state index is 12.2. The van der Waals surface area contributed by atoms with Crippen LogP contribution in [0.3, 0.4) is 0 Å². The Balaban J connectivity index is 2.24. The van der Waals surface area contributed by atoms with E-state index in [1.807, 2.05) is 0 Å². The van der Waals surface area contributed by atoms with Gasteiger partial charge in [-0.1, -0.05) is 12.1 Å². The van der Waals surface area contributed by atoms with E-state index >= 15 is 0 Å². The highest BCUT2D eigenvalue weighted by molar-refractivity contribution is 6.05. The first-order valence-electron chi connectivity index (χ1n) is 6.55. The van der Waals surface area contributed by atoms with E-state index in [1.54, 1.807) is 19.1 Å². The number of nitrogens with zero attached hydrogens (tertiary/aromatic N) is 2. The second-order valence-corrected chi connectivity index (χ2v) is 4.77. The van der Waals surface area contributed by atoms with Gasteiger partial charge in [0.15, 0.2) is 0 Å². The van der Waals surface area contributed by atoms with Crippen molar-refractivity contribution in [1.82, 2.24) is 9.80 Å². The maximum atomic E-state index is 12.2. The molecule has 112 valence electrons. The molecule has 1 aromatic carbocycles. The van der Waals surface area contributed by atoms with E-state index in [0.717, 1.165) is 4.90 Å². The molecule has 2 rings (SSSR count). The number of phenols is 1. The quantitative estimate of drug-likeness (QED) is 0.789. The smallest absolute Gasteiger partial charge is 0.327 e. The number of rotatable bonds is 5. The first-order chi connectivity index (χ1) is 9.93. The summed E-state index contributed by atoms with van der Waals surface area (Å²) in [5.41, 5.74) is 0.710. The lowest BCUT2D eigenvalue weighted by Gasteiger charge is -2.20. The molecule has 1 heterocycles. The van der Waals surface area contributed by atoms with Gasteiger partial charge in [0.1, 0.15) is 11.8 Å². The zero-order chi connectivity index (χ0) is 15.6. The van der Waals surface area contributed by atoms with Crippen molar-refractivity contribution in [3.63, 3.8) is 0 Å². The molecule has 0 radical (unpaired) electrons. The maximum Gasteiger partial charge on any atom is 0.327 e. The van der Waals surface area contributed by atoms with E-state index in [9.17, 15) is 19.5 Å². The number of carbonyl (C=O) groups is 3. The van der Waals surface area contributed by atoms with Crippen LogP contribution < -0.4 is 0 Å². The van der Waals surface area contributed by atoms with E-state index in [1.165, 1.54) is 17.0 Å². The summed E-state index contributed by atoms with van der Waals surface area (Å²) in [4.78, 5) is 37.5. The molecule has 21 heavy (non-hydrogen) atoms. The Morgan fingerprint density at radius 2 is 1.86 bits per heavy atom. The number of aromatic hydroxyl groups is 1. The molecule has 0 bridgehead atoms. The van der Waals surface area contributed by atoms with Gasteiger partial charge in [0.05, 0.1) is 6.42 Å². The summed E-state index contributed by atoms with van der Waals surface area (Å²) in [6, 6.07) is 4.73. The Bertz CT molecular complexity index is 569. The van der Waals surface area contributed by atoms with E-state index in [-0.39, 0.29) is 18.8 Å². The predicted molar refractivity (Wildman–Crippen MR) is 72.5 cm³/mol. The molecule has 0 unspecified atom stereocenters. The first kappa shape index (κ1) is 14.8. The van der Waals surface area contributed by atoms with Gasteiger partial charge in [-0.25, -0.2) is 4.79 Å². The zero-order valence-electron chi connectivity index (χ0n) is 11.5. The molecular formula is C14H16N2O5. The monoisotopic (exact) mass is 292 g/mol. The molecule has 0 saturated carbocycles. The summed E-state index contributed by atoms with van der Waals surface area (Å²) >= 11 is 0. The van der Waals surface area contributed by atoms with Crippen LogP contribution in [0, 0.1) is 0 Å². The topological polar surface area (TPSA) is 98.2 Å². The van der Waals surface area contributed by atoms with Crippen molar-refractivity contribution in [3.05, 3.63) is 29.8 Å². The molecule has 2 N–H and O–H groups in total. The Morgan fingerprint density at radius 1 is 1.24 bits per heavy atom. The summed E-state index contributed by atoms with van der Waals surface area (Å²) in [7, 11) is 0. The van der Waals surface area contributed by atoms with E-state index in [2.05, 4.69) is 0 Å². The number of carboxylic acids is 1. The van der Waals surface area contributed by atoms with Crippen molar-refractivity contribution in [2.45, 2.75) is 25.9 Å². The SMILES string of the molecule is CCN1C(=O)[C@H](CC(=O)O)N(Cc2ccc(O)cc2)C1=O. The lowest BCUT2D eigenvalue weighted by atomic mass is 10.1. The molecule has 1 aliphatic rings. The van der Waals surface area contributed by atoms with Crippen LogP contribution in [0.5, 0.6) is 5.75 Å². The van der Waals surface area contributed by atoms with Gasteiger partial charge in [0.25, 0.3) is 5.91 Å². The normalized spacial score (nSPS) is 18.4. The highest BCUT2D eigenvalue weighted by Gasteiger charge is 2.45. The van der Waals surface area contributed by atoms with Crippen LogP contribution in [-0.2, 0) is 16.1 Å². The lowest BCUT2D eigenvalue weighted by molar-refractivity contribution is -0.141. The average Bonchev–Trinajstić information content (AvgIpc) is 2.64. The van der Waals surface area contributed by atoms with E-state index in [4.69, 9.17) is 5.11 Å². The number of carboxylic acid groups (broad SMARTS) is 1. The number of phenolic OH excluding ortho intramolecular Hbond substituents is 1. The molecule has 1 aliphatic heterocycles. The highest BCUT2D eigenvalue weighted by Crippen LogP contribution is 2.23. The average molecular weight is 292 g/mol. The van der Waals surface area contributed by atoms with Crippen molar-refractivity contribution in [1.29, 1.82) is 0 Å². The van der Waals surface area contributed by atoms with Gasteiger partial charge in [-0.05, 0) is 24.6 Å². The highest BCUT2D eigenvalue weighted by atomic mass is 16.4. The molecule has 0 aromatic heterocycles. The number of carbonyl (C=O) groups excluding carboxylic acids is 2. The van der Waals surface area contributed by atoms with Crippen LogP contribution in [0.25, 0.3) is 0 Å². The van der Waals surface area contributed by atoms with Gasteiger partial charge in [0.2, 0.25) is 0 Å². The number of amides is 3. The fourth-order valence-electron chi connectivity index (χ4n) is 2.33. The number of hydrogen-bond acceptors (Lipinski definition) is 4. The second-order valence-electron chi connectivity index (χ2n) is 4.77. The number of urea groups is 1. The van der Waals surface area contributed by atoms with Gasteiger partial charge in [-0.15, -0.1) is 0 Å². The third-order valence-corrected chi connectivity index (χ3v) is 3.38. The fraction of sp³-hybridized carbons (Fsp3) is 0.357. The van der Waals surface area contributed by atoms with Crippen LogP contribution >= 0.6 is 0 Å². The van der Waals surface area contributed by atoms with Crippen LogP contribution in [-0.4, -0.2) is 50.5 Å². The standard InChI is InChI=1S/C14H16N2O5/c1-2-15-13(20)11(7-12(18)19)16(14(15)21)8-9-3-5-10(17)6-4-9/h3-6,11,17H,2,7-8H2,1H3,(H,18,19)/t11-/m0/s1. The van der Waals surface area contributed by atoms with E-state index in [0.29, 0.717) is 5.56 Å². The Hall–Kier alpha value is -2.57. The van der Waals surface area contributed by atoms with Crippen LogP contribution in [0.2, 0.25) is 0 Å². The molecule has 7 nitrogen and oxygen atoms in total. The fourth-order valence-corrected chi connectivity index (χ4v) is 2.33. The number of hydrogen-bond donors (Lipinski definition) is 2. The minimum Gasteiger partial charge on any atom is -0.508 e. The van der Waals surface area contributed by atoms with Crippen LogP contribution in [0.15, 0.2) is 24.3 Å². The molecule has 7 heteroatoms. The Morgan fingerprint density at radius 3 is 2.38 bits per heavy atom. The third kappa shape index (κ3) is 2.96. The van der Waals surface area contributed by atoms with Crippen molar-refractivity contribution in [2.24, 2.45) is 0 Å². The Labute approximate surface area is 121 Å². The number of benzene rings is 1. The lowest BCUT2D eigenvalue weighted by Crippen LogP contribution is -2.36. The van der Waals surface area contributed by atoms with Gasteiger partial charge < -0.3 is 15.1 Å². The van der Waals surface area contributed by atoms with Crippen LogP contribution in [0.1, 0.15) is 18.9 Å². The molecule has 1 fully saturated rings. The number of aliphatic carboxylic acids is 1. The van der Waals surface area contributed by atoms with Crippen molar-refractivity contribution in [3.8, 4) is 5.75 Å². The minimum atomic E-state index is -1.13. The molecule has 0 spiro atoms. The van der Waals surface area contributed by atoms with Crippen molar-refractivity contribution < 1.29 is 24.6 Å². The molecule has 1 aromatic rings. The minimum absolute atomic E-state index is 0.0971. The van der Waals surface area contributed by atoms with Crippen LogP contribution in [0.4, 0.5) is 4.79 Å². The number of likely N-dealkylation sites (N-methyl/N-ethyl adjacent to an activating group) is 1. The number of imide groups is 1. The molecule has 1 saturated heterocycles. The Kier molecular flexibility index (Phi) is 4.11. The van der Waals surface area contributed by atoms with Gasteiger partial charge in [-0.3, -0.25) is 14.5 Å². The van der Waals surface area contributed by atoms with Crippen molar-refractivity contribution in [2.75, 3.05) is 6.54 Å². The summed E-state index contributed by atoms with van der Waals surface area (Å²) in [6.07, 6.45) is -0.418. The largest absolute Gasteiger partial charge is 0.508 e. The third-order valence-electron chi connectivity index (χ3n) is 3.38. The zero-order valence-corrected chi connectivity index (χ0v) is 11.5. The van der Waals surface area contributed by atoms with Crippen molar-refractivity contribution >= 4 is 17.9 Å². The predicted octanol–water partition coefficient (Wildman–Crippen LogP) is 1.02. The van der Waals surface area contributed by atoms with E-state index < -0.39 is 30.4 Å². The summed E-state index contributed by atoms with van der Waals surface area (Å²) in [5.74, 6) is -1.52. The molecule has 3 amide bonds.